The monoisotopic (exact) mass is 288 g/mol. The lowest BCUT2D eigenvalue weighted by Gasteiger charge is -2.03. The van der Waals surface area contributed by atoms with Crippen molar-refractivity contribution >= 4 is 16.4 Å². The average molecular weight is 288 g/mol. The van der Waals surface area contributed by atoms with Gasteiger partial charge in [-0.2, -0.15) is 0 Å². The number of hydrogen-bond acceptors (Lipinski definition) is 3. The van der Waals surface area contributed by atoms with Gasteiger partial charge in [-0.3, -0.25) is 0 Å². The SMILES string of the molecule is COc1nc2c3ccccc3cc[n+]2nc1-c1ccccc1. The molecule has 0 bridgehead atoms. The molecule has 0 aliphatic heterocycles. The Balaban J connectivity index is 2.06. The van der Waals surface area contributed by atoms with Crippen LogP contribution in [0.4, 0.5) is 0 Å². The van der Waals surface area contributed by atoms with Gasteiger partial charge in [0.1, 0.15) is 6.20 Å². The van der Waals surface area contributed by atoms with Gasteiger partial charge in [0.2, 0.25) is 5.69 Å². The van der Waals surface area contributed by atoms with Gasteiger partial charge >= 0.3 is 11.5 Å². The van der Waals surface area contributed by atoms with Crippen LogP contribution < -0.4 is 9.25 Å². The molecular weight excluding hydrogens is 274 g/mol. The van der Waals surface area contributed by atoms with Crippen molar-refractivity contribution in [1.29, 1.82) is 0 Å². The van der Waals surface area contributed by atoms with E-state index < -0.39 is 0 Å². The number of aromatic nitrogens is 3. The van der Waals surface area contributed by atoms with Gasteiger partial charge in [0.05, 0.1) is 12.5 Å². The summed E-state index contributed by atoms with van der Waals surface area (Å²) in [6.45, 7) is 0. The van der Waals surface area contributed by atoms with Crippen LogP contribution in [0.25, 0.3) is 27.7 Å². The maximum absolute atomic E-state index is 5.47. The Hall–Kier alpha value is -3.01. The Morgan fingerprint density at radius 3 is 2.50 bits per heavy atom. The third-order valence-electron chi connectivity index (χ3n) is 3.67. The Labute approximate surface area is 127 Å². The van der Waals surface area contributed by atoms with Gasteiger partial charge in [0.15, 0.2) is 0 Å². The van der Waals surface area contributed by atoms with Crippen LogP contribution in [-0.4, -0.2) is 17.2 Å². The van der Waals surface area contributed by atoms with Crippen LogP contribution in [0, 0.1) is 0 Å². The van der Waals surface area contributed by atoms with Gasteiger partial charge in [-0.25, -0.2) is 0 Å². The molecule has 0 radical (unpaired) electrons. The smallest absolute Gasteiger partial charge is 0.360 e. The van der Waals surface area contributed by atoms with E-state index in [1.807, 2.05) is 60.8 Å². The summed E-state index contributed by atoms with van der Waals surface area (Å²) < 4.78 is 7.27. The fraction of sp³-hybridized carbons (Fsp3) is 0.0556. The fourth-order valence-electron chi connectivity index (χ4n) is 2.60. The second kappa shape index (κ2) is 5.07. The summed E-state index contributed by atoms with van der Waals surface area (Å²) in [5, 5.41) is 6.88. The van der Waals surface area contributed by atoms with Crippen molar-refractivity contribution < 1.29 is 9.25 Å². The zero-order valence-corrected chi connectivity index (χ0v) is 12.1. The Bertz CT molecular complexity index is 968. The van der Waals surface area contributed by atoms with Crippen LogP contribution in [-0.2, 0) is 0 Å². The number of fused-ring (bicyclic) bond motifs is 3. The predicted octanol–water partition coefficient (Wildman–Crippen LogP) is 3.04. The molecule has 2 aromatic carbocycles. The van der Waals surface area contributed by atoms with Crippen molar-refractivity contribution in [3.8, 4) is 17.1 Å². The van der Waals surface area contributed by atoms with Crippen LogP contribution in [0.1, 0.15) is 0 Å². The van der Waals surface area contributed by atoms with Gasteiger partial charge in [-0.1, -0.05) is 53.6 Å². The quantitative estimate of drug-likeness (QED) is 0.420. The first-order valence-corrected chi connectivity index (χ1v) is 7.08. The minimum atomic E-state index is 0.530. The molecule has 22 heavy (non-hydrogen) atoms. The fourth-order valence-corrected chi connectivity index (χ4v) is 2.60. The van der Waals surface area contributed by atoms with Crippen LogP contribution in [0.3, 0.4) is 0 Å². The van der Waals surface area contributed by atoms with E-state index in [4.69, 9.17) is 9.84 Å². The van der Waals surface area contributed by atoms with E-state index in [2.05, 4.69) is 11.1 Å². The molecule has 0 spiro atoms. The molecular formula is C18H14N3O+. The first-order chi connectivity index (χ1) is 10.9. The van der Waals surface area contributed by atoms with Crippen molar-refractivity contribution in [2.75, 3.05) is 7.11 Å². The first-order valence-electron chi connectivity index (χ1n) is 7.08. The van der Waals surface area contributed by atoms with Crippen LogP contribution in [0.2, 0.25) is 0 Å². The zero-order chi connectivity index (χ0) is 14.9. The van der Waals surface area contributed by atoms with Gasteiger partial charge < -0.3 is 4.74 Å². The lowest BCUT2D eigenvalue weighted by Crippen LogP contribution is -2.28. The lowest BCUT2D eigenvalue weighted by atomic mass is 10.1. The number of nitrogens with zero attached hydrogens (tertiary/aromatic N) is 3. The van der Waals surface area contributed by atoms with Gasteiger partial charge in [0.25, 0.3) is 0 Å². The molecule has 0 fully saturated rings. The molecule has 106 valence electrons. The number of pyridine rings is 1. The highest BCUT2D eigenvalue weighted by atomic mass is 16.5. The minimum absolute atomic E-state index is 0.530. The summed E-state index contributed by atoms with van der Waals surface area (Å²) in [7, 11) is 1.62. The van der Waals surface area contributed by atoms with Crippen molar-refractivity contribution in [2.45, 2.75) is 0 Å². The Morgan fingerprint density at radius 2 is 1.68 bits per heavy atom. The normalized spacial score (nSPS) is 11.0. The van der Waals surface area contributed by atoms with E-state index in [1.54, 1.807) is 11.6 Å². The van der Waals surface area contributed by atoms with Gasteiger partial charge in [-0.05, 0) is 17.5 Å². The largest absolute Gasteiger partial charge is 0.461 e. The van der Waals surface area contributed by atoms with Gasteiger partial charge in [0, 0.05) is 10.5 Å². The van der Waals surface area contributed by atoms with Crippen molar-refractivity contribution in [3.63, 3.8) is 0 Å². The molecule has 4 rings (SSSR count). The second-order valence-electron chi connectivity index (χ2n) is 5.01. The maximum atomic E-state index is 5.47. The van der Waals surface area contributed by atoms with E-state index in [0.717, 1.165) is 27.7 Å². The number of hydrogen-bond donors (Lipinski definition) is 0. The van der Waals surface area contributed by atoms with Gasteiger partial charge in [-0.15, -0.1) is 4.52 Å². The maximum Gasteiger partial charge on any atom is 0.360 e. The molecule has 0 saturated heterocycles. The molecule has 4 nitrogen and oxygen atoms in total. The molecule has 2 aromatic heterocycles. The van der Waals surface area contributed by atoms with E-state index >= 15 is 0 Å². The molecule has 0 aliphatic rings. The molecule has 0 aliphatic carbocycles. The predicted molar refractivity (Wildman–Crippen MR) is 84.7 cm³/mol. The molecule has 0 unspecified atom stereocenters. The van der Waals surface area contributed by atoms with E-state index in [-0.39, 0.29) is 0 Å². The molecule has 4 heteroatoms. The lowest BCUT2D eigenvalue weighted by molar-refractivity contribution is -0.581. The number of rotatable bonds is 2. The molecule has 0 saturated carbocycles. The molecule has 0 atom stereocenters. The van der Waals surface area contributed by atoms with Crippen LogP contribution in [0.15, 0.2) is 66.9 Å². The van der Waals surface area contributed by atoms with Crippen molar-refractivity contribution in [2.24, 2.45) is 0 Å². The highest BCUT2D eigenvalue weighted by Gasteiger charge is 2.21. The summed E-state index contributed by atoms with van der Waals surface area (Å²) >= 11 is 0. The molecule has 4 aromatic rings. The summed E-state index contributed by atoms with van der Waals surface area (Å²) in [5.74, 6) is 0.530. The summed E-state index contributed by atoms with van der Waals surface area (Å²) in [6, 6.07) is 20.1. The average Bonchev–Trinajstić information content (AvgIpc) is 2.61. The highest BCUT2D eigenvalue weighted by Crippen LogP contribution is 2.26. The Morgan fingerprint density at radius 1 is 0.909 bits per heavy atom. The summed E-state index contributed by atoms with van der Waals surface area (Å²) in [6.07, 6.45) is 1.93. The van der Waals surface area contributed by atoms with E-state index in [0.29, 0.717) is 5.88 Å². The van der Waals surface area contributed by atoms with Crippen molar-refractivity contribution in [1.82, 2.24) is 10.1 Å². The second-order valence-corrected chi connectivity index (χ2v) is 5.01. The standard InChI is InChI=1S/C18H14N3O/c1-22-18-16(14-8-3-2-4-9-14)20-21-12-11-13-7-5-6-10-15(13)17(21)19-18/h2-12H,1H3/q+1. The molecule has 0 amide bonds. The summed E-state index contributed by atoms with van der Waals surface area (Å²) in [5.41, 5.74) is 2.50. The Kier molecular flexibility index (Phi) is 2.93. The number of ether oxygens (including phenoxy) is 1. The van der Waals surface area contributed by atoms with Crippen LogP contribution >= 0.6 is 0 Å². The van der Waals surface area contributed by atoms with Crippen LogP contribution in [0.5, 0.6) is 5.88 Å². The highest BCUT2D eigenvalue weighted by molar-refractivity contribution is 5.91. The van der Waals surface area contributed by atoms with E-state index in [1.165, 1.54) is 0 Å². The first kappa shape index (κ1) is 12.7. The number of benzene rings is 2. The van der Waals surface area contributed by atoms with Crippen molar-refractivity contribution in [3.05, 3.63) is 66.9 Å². The molecule has 0 N–H and O–H groups in total. The summed E-state index contributed by atoms with van der Waals surface area (Å²) in [4.78, 5) is 4.68. The zero-order valence-electron chi connectivity index (χ0n) is 12.1. The topological polar surface area (TPSA) is 39.1 Å². The minimum Gasteiger partial charge on any atom is -0.461 e. The van der Waals surface area contributed by atoms with E-state index in [9.17, 15) is 0 Å². The molecule has 2 heterocycles. The third-order valence-corrected chi connectivity index (χ3v) is 3.67. The third kappa shape index (κ3) is 1.97. The number of methoxy groups -OCH3 is 1.